The zero-order chi connectivity index (χ0) is 91.3. The molecular formula is C130H123N5Si3. The minimum atomic E-state index is -1.59. The molecule has 8 heteroatoms. The van der Waals surface area contributed by atoms with Crippen molar-refractivity contribution in [1.29, 1.82) is 0 Å². The Bertz CT molecular complexity index is 7720. The van der Waals surface area contributed by atoms with Crippen molar-refractivity contribution in [1.82, 2.24) is 0 Å². The van der Waals surface area contributed by atoms with Crippen LogP contribution in [-0.4, -0.2) is 24.2 Å². The van der Waals surface area contributed by atoms with Crippen LogP contribution in [0.2, 0.25) is 58.9 Å². The molecule has 4 aliphatic rings. The first-order chi connectivity index (χ1) is 65.1. The Morgan fingerprint density at radius 2 is 0.420 bits per heavy atom. The molecule has 0 unspecified atom stereocenters. The molecule has 0 atom stereocenters. The standard InChI is InChI=1S/C71H63N3Si2.C55H44N2Si.4CH4/c1-48-30-34-51(35-31-48)72(53-38-42-55(43-39-53)75(3,4)5)67-46-63-69(59-24-14-12-22-57(59)67)70-60-25-15-13-23-58(60)68(73(52-36-32-49(2)33-37-52)54-40-44-56(45-41-54)76(6,7)8)47-64(70)71(63)61-26-16-18-28-65(61)74(50-20-10-9-11-21-50)66-29-19-17-27-62(66)71;1-37-26-29-40(30-27-37)56(41-31-33-42(34-32-41)58(2,3)4)52-36-49-54(45-21-11-10-20-44(45)52)53-43-19-9-8-16-38(43)28-35-48(53)55(49)46-22-12-14-24-50(46)57(39-17-6-5-7-18-39)51-25-15-13-23-47(51)55;;;;/h9-47H,1-8H3;5-36H,1-4H3;4*1H4. The Morgan fingerprint density at radius 3 is 0.703 bits per heavy atom. The van der Waals surface area contributed by atoms with E-state index in [2.05, 4.69) is 535 Å². The van der Waals surface area contributed by atoms with Gasteiger partial charge >= 0.3 is 0 Å². The van der Waals surface area contributed by atoms with Gasteiger partial charge in [-0.1, -0.05) is 412 Å². The van der Waals surface area contributed by atoms with Crippen molar-refractivity contribution in [3.05, 3.63) is 492 Å². The Hall–Kier alpha value is -14.9. The summed E-state index contributed by atoms with van der Waals surface area (Å²) in [5, 5.41) is 14.3. The first kappa shape index (κ1) is 92.2. The highest BCUT2D eigenvalue weighted by atomic mass is 28.3. The van der Waals surface area contributed by atoms with Crippen LogP contribution in [0.3, 0.4) is 0 Å². The first-order valence-electron chi connectivity index (χ1n) is 47.4. The molecular weight excluding hydrogens is 1720 g/mol. The molecule has 0 saturated heterocycles. The quantitative estimate of drug-likeness (QED) is 0.101. The molecule has 2 heterocycles. The van der Waals surface area contributed by atoms with Crippen LogP contribution in [0.1, 0.15) is 90.9 Å². The summed E-state index contributed by atoms with van der Waals surface area (Å²) in [4.78, 5) is 12.5. The maximum absolute atomic E-state index is 2.59. The second-order valence-corrected chi connectivity index (χ2v) is 55.3. The van der Waals surface area contributed by atoms with E-state index in [1.807, 2.05) is 0 Å². The van der Waals surface area contributed by atoms with Crippen molar-refractivity contribution < 1.29 is 0 Å². The minimum Gasteiger partial charge on any atom is -0.310 e. The van der Waals surface area contributed by atoms with Gasteiger partial charge in [0.05, 0.1) is 74.9 Å². The van der Waals surface area contributed by atoms with Crippen molar-refractivity contribution in [2.24, 2.45) is 0 Å². The summed E-state index contributed by atoms with van der Waals surface area (Å²) in [5.74, 6) is 0. The van der Waals surface area contributed by atoms with E-state index in [1.165, 1.54) is 171 Å². The van der Waals surface area contributed by atoms with E-state index in [-0.39, 0.29) is 29.7 Å². The molecule has 138 heavy (non-hydrogen) atoms. The minimum absolute atomic E-state index is 0. The number of rotatable bonds is 14. The molecule has 2 aliphatic heterocycles. The molecule has 0 saturated carbocycles. The molecule has 0 radical (unpaired) electrons. The van der Waals surface area contributed by atoms with Crippen LogP contribution in [0.4, 0.5) is 85.3 Å². The van der Waals surface area contributed by atoms with Gasteiger partial charge in [-0.05, 0) is 254 Å². The highest BCUT2D eigenvalue weighted by molar-refractivity contribution is 6.89. The lowest BCUT2D eigenvalue weighted by Crippen LogP contribution is -2.37. The third kappa shape index (κ3) is 14.7. The zero-order valence-electron chi connectivity index (χ0n) is 78.2. The highest BCUT2D eigenvalue weighted by Gasteiger charge is 2.56. The number of nitrogens with zero attached hydrogens (tertiary/aromatic N) is 5. The number of fused-ring (bicyclic) bond motifs is 26. The molecule has 20 aromatic carbocycles. The van der Waals surface area contributed by atoms with Crippen molar-refractivity contribution in [3.63, 3.8) is 0 Å². The summed E-state index contributed by atoms with van der Waals surface area (Å²) in [6.07, 6.45) is 0. The topological polar surface area (TPSA) is 16.2 Å². The van der Waals surface area contributed by atoms with Gasteiger partial charge in [0.25, 0.3) is 0 Å². The van der Waals surface area contributed by atoms with Crippen molar-refractivity contribution in [3.8, 4) is 22.3 Å². The summed E-state index contributed by atoms with van der Waals surface area (Å²) in [7, 11) is -4.70. The van der Waals surface area contributed by atoms with Crippen LogP contribution in [0.25, 0.3) is 65.3 Å². The summed E-state index contributed by atoms with van der Waals surface area (Å²) < 4.78 is 0. The van der Waals surface area contributed by atoms with Gasteiger partial charge in [0.15, 0.2) is 0 Å². The van der Waals surface area contributed by atoms with E-state index in [4.69, 9.17) is 0 Å². The molecule has 5 nitrogen and oxygen atoms in total. The van der Waals surface area contributed by atoms with E-state index in [0.717, 1.165) is 56.9 Å². The molecule has 0 aromatic heterocycles. The molecule has 680 valence electrons. The van der Waals surface area contributed by atoms with Crippen molar-refractivity contribution >= 4 is 168 Å². The molecule has 20 aromatic rings. The van der Waals surface area contributed by atoms with Crippen LogP contribution in [0.15, 0.2) is 431 Å². The summed E-state index contributed by atoms with van der Waals surface area (Å²) >= 11 is 0. The van der Waals surface area contributed by atoms with Crippen LogP contribution in [0.5, 0.6) is 0 Å². The van der Waals surface area contributed by atoms with Gasteiger partial charge < -0.3 is 24.5 Å². The third-order valence-electron chi connectivity index (χ3n) is 28.9. The Kier molecular flexibility index (Phi) is 23.8. The van der Waals surface area contributed by atoms with Crippen molar-refractivity contribution in [2.75, 3.05) is 24.5 Å². The highest BCUT2D eigenvalue weighted by Crippen LogP contribution is 2.70. The van der Waals surface area contributed by atoms with Crippen molar-refractivity contribution in [2.45, 2.75) is 120 Å². The van der Waals surface area contributed by atoms with Crippen LogP contribution in [-0.2, 0) is 10.8 Å². The monoisotopic (exact) mass is 1840 g/mol. The Morgan fingerprint density at radius 1 is 0.196 bits per heavy atom. The molecule has 0 fully saturated rings. The molecule has 2 aliphatic carbocycles. The lowest BCUT2D eigenvalue weighted by molar-refractivity contribution is 0.753. The third-order valence-corrected chi connectivity index (χ3v) is 35.1. The fraction of sp³-hybridized carbons (Fsp3) is 0.138. The van der Waals surface area contributed by atoms with E-state index in [0.29, 0.717) is 0 Å². The normalized spacial score (nSPS) is 13.1. The Labute approximate surface area is 821 Å². The smallest absolute Gasteiger partial charge is 0.0775 e. The maximum Gasteiger partial charge on any atom is 0.0775 e. The maximum atomic E-state index is 2.59. The second-order valence-electron chi connectivity index (χ2n) is 40.1. The number of anilines is 15. The molecule has 0 amide bonds. The predicted molar refractivity (Wildman–Crippen MR) is 608 cm³/mol. The fourth-order valence-corrected chi connectivity index (χ4v) is 26.0. The lowest BCUT2D eigenvalue weighted by atomic mass is 9.64. The summed E-state index contributed by atoms with van der Waals surface area (Å²) in [6.45, 7) is 28.4. The number of benzene rings is 20. The SMILES string of the molecule is C.C.C.C.Cc1ccc(N(c2ccc([Si](C)(C)C)cc2)c2cc3c(c4ccccc24)-c2c(cc(N(c4ccc(C)cc4)c4ccc([Si](C)(C)C)cc4)c4ccccc24)C32c3ccccc3N(c3ccccc3)c3ccccc32)cc1.Cc1ccc(N(c2ccc([Si](C)(C)C)cc2)c2cc3c(c4ccccc24)-c2c(ccc4ccccc24)C32c3ccccc3N(c3ccccc3)c3ccccc32)cc1. The molecule has 2 spiro atoms. The molecule has 0 N–H and O–H groups in total. The zero-order valence-corrected chi connectivity index (χ0v) is 81.2. The lowest BCUT2D eigenvalue weighted by Gasteiger charge is -2.45. The van der Waals surface area contributed by atoms with Crippen LogP contribution >= 0.6 is 0 Å². The van der Waals surface area contributed by atoms with E-state index < -0.39 is 35.1 Å². The predicted octanol–water partition coefficient (Wildman–Crippen LogP) is 35.8. The Balaban J connectivity index is 0.000000177. The summed E-state index contributed by atoms with van der Waals surface area (Å²) in [6, 6.07) is 163. The van der Waals surface area contributed by atoms with Gasteiger partial charge in [-0.2, -0.15) is 0 Å². The van der Waals surface area contributed by atoms with E-state index in [9.17, 15) is 0 Å². The van der Waals surface area contributed by atoms with Crippen LogP contribution < -0.4 is 40.1 Å². The van der Waals surface area contributed by atoms with Gasteiger partial charge in [-0.25, -0.2) is 0 Å². The van der Waals surface area contributed by atoms with Gasteiger partial charge in [0.2, 0.25) is 0 Å². The number of aryl methyl sites for hydroxylation is 3. The van der Waals surface area contributed by atoms with Gasteiger partial charge in [0, 0.05) is 61.7 Å². The molecule has 0 bridgehead atoms. The fourth-order valence-electron chi connectivity index (χ4n) is 22.5. The average Bonchev–Trinajstić information content (AvgIpc) is 1.49. The first-order valence-corrected chi connectivity index (χ1v) is 57.9. The summed E-state index contributed by atoms with van der Waals surface area (Å²) in [5.41, 5.74) is 35.2. The second kappa shape index (κ2) is 35.6. The number of para-hydroxylation sites is 6. The molecule has 24 rings (SSSR count). The largest absolute Gasteiger partial charge is 0.310 e. The number of hydrogen-bond acceptors (Lipinski definition) is 5. The van der Waals surface area contributed by atoms with Gasteiger partial charge in [0.1, 0.15) is 0 Å². The van der Waals surface area contributed by atoms with Gasteiger partial charge in [-0.15, -0.1) is 0 Å². The average molecular weight is 1840 g/mol. The van der Waals surface area contributed by atoms with E-state index in [1.54, 1.807) is 0 Å². The van der Waals surface area contributed by atoms with Crippen LogP contribution in [0, 0.1) is 20.8 Å². The number of hydrogen-bond donors (Lipinski definition) is 0. The van der Waals surface area contributed by atoms with Gasteiger partial charge in [-0.3, -0.25) is 0 Å². The van der Waals surface area contributed by atoms with E-state index >= 15 is 0 Å².